The Bertz CT molecular complexity index is 1100. The zero-order valence-electron chi connectivity index (χ0n) is 15.6. The molecule has 0 radical (unpaired) electrons. The molecule has 0 saturated heterocycles. The van der Waals surface area contributed by atoms with Crippen LogP contribution in [0.5, 0.6) is 0 Å². The van der Waals surface area contributed by atoms with Gasteiger partial charge in [-0.1, -0.05) is 24.3 Å². The topological polar surface area (TPSA) is 23.3 Å². The van der Waals surface area contributed by atoms with Crippen molar-refractivity contribution in [2.24, 2.45) is 0 Å². The molecule has 0 saturated carbocycles. The normalized spacial score (nSPS) is 18.0. The Balaban J connectivity index is 1.60. The number of fused-ring (bicyclic) bond motifs is 2. The van der Waals surface area contributed by atoms with Crippen LogP contribution in [0.3, 0.4) is 0 Å². The largest absolute Gasteiger partial charge is 0.289 e. The van der Waals surface area contributed by atoms with Crippen LogP contribution in [0.15, 0.2) is 47.3 Å². The van der Waals surface area contributed by atoms with E-state index in [0.29, 0.717) is 0 Å². The molecule has 138 valence electrons. The molecule has 3 heterocycles. The Labute approximate surface area is 163 Å². The second-order valence-electron chi connectivity index (χ2n) is 7.71. The van der Waals surface area contributed by atoms with Gasteiger partial charge >= 0.3 is 0 Å². The minimum absolute atomic E-state index is 0.170. The molecular formula is C23H25N2OS+. The highest BCUT2D eigenvalue weighted by molar-refractivity contribution is 7.24. The number of benzene rings is 2. The summed E-state index contributed by atoms with van der Waals surface area (Å²) in [6.07, 6.45) is 6.39. The quantitative estimate of drug-likeness (QED) is 0.481. The van der Waals surface area contributed by atoms with E-state index >= 15 is 0 Å². The van der Waals surface area contributed by atoms with Crippen molar-refractivity contribution in [2.45, 2.75) is 38.6 Å². The number of rotatable bonds is 2. The van der Waals surface area contributed by atoms with Crippen molar-refractivity contribution in [3.05, 3.63) is 58.3 Å². The van der Waals surface area contributed by atoms with Gasteiger partial charge in [0.2, 0.25) is 5.84 Å². The van der Waals surface area contributed by atoms with Crippen LogP contribution in [0.2, 0.25) is 0 Å². The average molecular weight is 378 g/mol. The molecule has 0 amide bonds. The van der Waals surface area contributed by atoms with E-state index in [1.165, 1.54) is 56.6 Å². The summed E-state index contributed by atoms with van der Waals surface area (Å²) in [6.45, 7) is 4.46. The van der Waals surface area contributed by atoms with Crippen LogP contribution in [0.25, 0.3) is 20.2 Å². The molecule has 0 N–H and O–H groups in total. The highest BCUT2D eigenvalue weighted by Crippen LogP contribution is 2.29. The summed E-state index contributed by atoms with van der Waals surface area (Å²) in [5, 5.41) is 1.71. The van der Waals surface area contributed by atoms with Crippen molar-refractivity contribution in [1.29, 1.82) is 0 Å². The van der Waals surface area contributed by atoms with E-state index in [-0.39, 0.29) is 5.43 Å². The summed E-state index contributed by atoms with van der Waals surface area (Å²) in [4.78, 5) is 15.6. The first-order valence-corrected chi connectivity index (χ1v) is 10.9. The lowest BCUT2D eigenvalue weighted by molar-refractivity contribution is -0.539. The fraction of sp³-hybridized carbons (Fsp3) is 0.391. The third kappa shape index (κ3) is 3.06. The standard InChI is InChI=1S/C23H25N2OS/c26-22-18-9-3-4-11-20(18)27-23-17(8-6-10-19(22)23)16-25-15-7-14-24-13-5-1-2-12-21(24)25/h3-4,6,8-11H,1-2,5,7,12-16H2/q+1. The third-order valence-electron chi connectivity index (χ3n) is 5.96. The second kappa shape index (κ2) is 7.08. The molecule has 27 heavy (non-hydrogen) atoms. The molecule has 1 aromatic heterocycles. The predicted octanol–water partition coefficient (Wildman–Crippen LogP) is 4.61. The minimum atomic E-state index is 0.170. The number of nitrogens with zero attached hydrogens (tertiary/aromatic N) is 2. The molecule has 3 nitrogen and oxygen atoms in total. The third-order valence-corrected chi connectivity index (χ3v) is 7.22. The molecule has 0 bridgehead atoms. The Morgan fingerprint density at radius 2 is 1.78 bits per heavy atom. The Morgan fingerprint density at radius 3 is 2.74 bits per heavy atom. The van der Waals surface area contributed by atoms with E-state index in [4.69, 9.17) is 0 Å². The molecule has 2 aliphatic rings. The van der Waals surface area contributed by atoms with Gasteiger partial charge in [-0.2, -0.15) is 0 Å². The van der Waals surface area contributed by atoms with Crippen LogP contribution >= 0.6 is 11.3 Å². The van der Waals surface area contributed by atoms with Crippen molar-refractivity contribution >= 4 is 37.3 Å². The molecule has 2 aliphatic heterocycles. The van der Waals surface area contributed by atoms with Gasteiger partial charge < -0.3 is 0 Å². The first kappa shape index (κ1) is 16.9. The number of amidine groups is 1. The van der Waals surface area contributed by atoms with Gasteiger partial charge in [-0.25, -0.2) is 0 Å². The first-order chi connectivity index (χ1) is 13.3. The molecule has 0 fully saturated rings. The number of hydrogen-bond acceptors (Lipinski definition) is 3. The van der Waals surface area contributed by atoms with Gasteiger partial charge in [0.05, 0.1) is 19.6 Å². The van der Waals surface area contributed by atoms with Crippen LogP contribution in [-0.4, -0.2) is 34.9 Å². The Kier molecular flexibility index (Phi) is 4.44. The van der Waals surface area contributed by atoms with Crippen LogP contribution < -0.4 is 5.43 Å². The predicted molar refractivity (Wildman–Crippen MR) is 114 cm³/mol. The lowest BCUT2D eigenvalue weighted by atomic mass is 10.1. The molecule has 4 heteroatoms. The van der Waals surface area contributed by atoms with Gasteiger partial charge in [-0.3, -0.25) is 14.3 Å². The Morgan fingerprint density at radius 1 is 0.926 bits per heavy atom. The van der Waals surface area contributed by atoms with Gasteiger partial charge in [-0.15, -0.1) is 11.3 Å². The van der Waals surface area contributed by atoms with Gasteiger partial charge in [0, 0.05) is 38.6 Å². The zero-order chi connectivity index (χ0) is 18.2. The number of hydrogen-bond donors (Lipinski definition) is 0. The molecule has 0 spiro atoms. The van der Waals surface area contributed by atoms with Crippen molar-refractivity contribution in [1.82, 2.24) is 4.90 Å². The van der Waals surface area contributed by atoms with Crippen molar-refractivity contribution in [2.75, 3.05) is 19.6 Å². The first-order valence-electron chi connectivity index (χ1n) is 10.1. The lowest BCUT2D eigenvalue weighted by Gasteiger charge is -2.26. The molecule has 0 atom stereocenters. The maximum absolute atomic E-state index is 13.0. The molecule has 5 rings (SSSR count). The van der Waals surface area contributed by atoms with E-state index in [0.717, 1.165) is 33.3 Å². The molecular weight excluding hydrogens is 352 g/mol. The highest BCUT2D eigenvalue weighted by Gasteiger charge is 2.29. The summed E-state index contributed by atoms with van der Waals surface area (Å²) in [5.41, 5.74) is 1.46. The van der Waals surface area contributed by atoms with E-state index in [2.05, 4.69) is 27.7 Å². The van der Waals surface area contributed by atoms with Gasteiger partial charge in [0.15, 0.2) is 5.43 Å². The average Bonchev–Trinajstić information content (AvgIpc) is 2.95. The summed E-state index contributed by atoms with van der Waals surface area (Å²) in [6, 6.07) is 14.3. The van der Waals surface area contributed by atoms with E-state index < -0.39 is 0 Å². The lowest BCUT2D eigenvalue weighted by Crippen LogP contribution is -2.43. The van der Waals surface area contributed by atoms with Crippen molar-refractivity contribution in [3.8, 4) is 0 Å². The van der Waals surface area contributed by atoms with Gasteiger partial charge in [0.25, 0.3) is 0 Å². The van der Waals surface area contributed by atoms with E-state index in [1.54, 1.807) is 11.3 Å². The summed E-state index contributed by atoms with van der Waals surface area (Å²) >= 11 is 1.76. The van der Waals surface area contributed by atoms with Crippen LogP contribution in [0.4, 0.5) is 0 Å². The fourth-order valence-corrected chi connectivity index (χ4v) is 5.78. The molecule has 3 aromatic rings. The second-order valence-corrected chi connectivity index (χ2v) is 8.76. The minimum Gasteiger partial charge on any atom is -0.289 e. The van der Waals surface area contributed by atoms with Gasteiger partial charge in [-0.05, 0) is 37.5 Å². The SMILES string of the molecule is O=c1c2ccccc2sc2c(CN3CCC[N+]4=C3CCCCC4)cccc12. The maximum atomic E-state index is 13.0. The van der Waals surface area contributed by atoms with Crippen molar-refractivity contribution in [3.63, 3.8) is 0 Å². The summed E-state index contributed by atoms with van der Waals surface area (Å²) < 4.78 is 4.86. The van der Waals surface area contributed by atoms with E-state index in [1.807, 2.05) is 24.3 Å². The van der Waals surface area contributed by atoms with Crippen LogP contribution in [0, 0.1) is 0 Å². The van der Waals surface area contributed by atoms with Crippen molar-refractivity contribution < 1.29 is 4.58 Å². The highest BCUT2D eigenvalue weighted by atomic mass is 32.1. The Hall–Kier alpha value is -2.20. The molecule has 2 aromatic carbocycles. The summed E-state index contributed by atoms with van der Waals surface area (Å²) in [5.74, 6) is 1.53. The maximum Gasteiger partial charge on any atom is 0.247 e. The smallest absolute Gasteiger partial charge is 0.247 e. The fourth-order valence-electron chi connectivity index (χ4n) is 4.61. The van der Waals surface area contributed by atoms with Crippen LogP contribution in [-0.2, 0) is 6.54 Å². The molecule has 0 aliphatic carbocycles. The zero-order valence-corrected chi connectivity index (χ0v) is 16.4. The molecule has 0 unspecified atom stereocenters. The van der Waals surface area contributed by atoms with Crippen LogP contribution in [0.1, 0.15) is 37.7 Å². The monoisotopic (exact) mass is 377 g/mol. The summed E-state index contributed by atoms with van der Waals surface area (Å²) in [7, 11) is 0. The van der Waals surface area contributed by atoms with E-state index in [9.17, 15) is 4.79 Å². The van der Waals surface area contributed by atoms with Gasteiger partial charge in [0.1, 0.15) is 6.54 Å².